The highest BCUT2D eigenvalue weighted by atomic mass is 35.5. The molecule has 2 rings (SSSR count). The smallest absolute Gasteiger partial charge is 0.0657 e. The summed E-state index contributed by atoms with van der Waals surface area (Å²) >= 11 is 11.9. The Bertz CT molecular complexity index is 370. The summed E-state index contributed by atoms with van der Waals surface area (Å²) in [5, 5.41) is 4.48. The minimum Gasteiger partial charge on any atom is -0.376 e. The fourth-order valence-corrected chi connectivity index (χ4v) is 2.17. The van der Waals surface area contributed by atoms with Crippen LogP contribution in [-0.2, 0) is 4.74 Å². The maximum absolute atomic E-state index is 6.01. The van der Waals surface area contributed by atoms with Crippen LogP contribution in [0.4, 0.5) is 0 Å². The van der Waals surface area contributed by atoms with Crippen LogP contribution in [0.25, 0.3) is 0 Å². The van der Waals surface area contributed by atoms with E-state index in [2.05, 4.69) is 12.2 Å². The molecule has 1 aromatic rings. The summed E-state index contributed by atoms with van der Waals surface area (Å²) in [5.41, 5.74) is 1.11. The van der Waals surface area contributed by atoms with E-state index >= 15 is 0 Å². The molecule has 0 aliphatic carbocycles. The van der Waals surface area contributed by atoms with Gasteiger partial charge in [-0.25, -0.2) is 0 Å². The quantitative estimate of drug-likeness (QED) is 0.837. The van der Waals surface area contributed by atoms with Crippen LogP contribution in [0.3, 0.4) is 0 Å². The highest BCUT2D eigenvalue weighted by molar-refractivity contribution is 6.42. The first-order valence-electron chi connectivity index (χ1n) is 5.29. The normalized spacial score (nSPS) is 26.4. The van der Waals surface area contributed by atoms with Gasteiger partial charge in [0.1, 0.15) is 0 Å². The molecule has 2 nitrogen and oxygen atoms in total. The Morgan fingerprint density at radius 3 is 2.88 bits per heavy atom. The van der Waals surface area contributed by atoms with Crippen LogP contribution in [-0.4, -0.2) is 25.8 Å². The third-order valence-electron chi connectivity index (χ3n) is 2.80. The van der Waals surface area contributed by atoms with Crippen molar-refractivity contribution in [2.75, 3.05) is 19.7 Å². The van der Waals surface area contributed by atoms with Gasteiger partial charge in [-0.3, -0.25) is 0 Å². The summed E-state index contributed by atoms with van der Waals surface area (Å²) in [7, 11) is 0. The number of hydrogen-bond donors (Lipinski definition) is 1. The van der Waals surface area contributed by atoms with Gasteiger partial charge in [0, 0.05) is 19.0 Å². The van der Waals surface area contributed by atoms with Gasteiger partial charge in [-0.15, -0.1) is 0 Å². The predicted molar refractivity (Wildman–Crippen MR) is 67.2 cm³/mol. The molecule has 0 spiro atoms. The lowest BCUT2D eigenvalue weighted by atomic mass is 9.94. The van der Waals surface area contributed by atoms with Crippen LogP contribution in [0.5, 0.6) is 0 Å². The highest BCUT2D eigenvalue weighted by Gasteiger charge is 2.22. The lowest BCUT2D eigenvalue weighted by Crippen LogP contribution is -2.25. The van der Waals surface area contributed by atoms with Crippen LogP contribution in [0, 0.1) is 6.92 Å². The van der Waals surface area contributed by atoms with E-state index < -0.39 is 0 Å². The van der Waals surface area contributed by atoms with Crippen molar-refractivity contribution in [2.45, 2.75) is 12.0 Å². The van der Waals surface area contributed by atoms with Crippen molar-refractivity contribution in [1.82, 2.24) is 5.32 Å². The number of halogens is 2. The molecular weight excluding hydrogens is 245 g/mol. The standard InChI is InChI=1S/C12H14Cl2NO/c1-8-10(7-15-4-5-16-8)9-2-3-11(13)12(14)6-9/h2-3,6,8,10,15H,1,4-5,7H2/t8-,10-/m1/s1. The number of benzene rings is 1. The van der Waals surface area contributed by atoms with Gasteiger partial charge < -0.3 is 10.1 Å². The molecule has 87 valence electrons. The molecule has 0 amide bonds. The molecular formula is C12H14Cl2NO. The Labute approximate surface area is 106 Å². The van der Waals surface area contributed by atoms with Gasteiger partial charge in [-0.1, -0.05) is 29.3 Å². The van der Waals surface area contributed by atoms with Gasteiger partial charge in [0.25, 0.3) is 0 Å². The highest BCUT2D eigenvalue weighted by Crippen LogP contribution is 2.29. The zero-order chi connectivity index (χ0) is 11.5. The summed E-state index contributed by atoms with van der Waals surface area (Å²) < 4.78 is 5.59. The number of ether oxygens (including phenoxy) is 1. The van der Waals surface area contributed by atoms with Gasteiger partial charge in [-0.2, -0.15) is 0 Å². The molecule has 2 atom stereocenters. The zero-order valence-corrected chi connectivity index (χ0v) is 10.4. The van der Waals surface area contributed by atoms with Crippen LogP contribution in [0.2, 0.25) is 10.0 Å². The van der Waals surface area contributed by atoms with E-state index in [1.807, 2.05) is 18.2 Å². The molecule has 1 saturated heterocycles. The molecule has 4 heteroatoms. The van der Waals surface area contributed by atoms with Crippen molar-refractivity contribution in [3.05, 3.63) is 40.7 Å². The molecule has 1 fully saturated rings. The topological polar surface area (TPSA) is 21.3 Å². The van der Waals surface area contributed by atoms with Gasteiger partial charge in [-0.05, 0) is 24.6 Å². The first kappa shape index (κ1) is 12.2. The molecule has 0 bridgehead atoms. The molecule has 0 unspecified atom stereocenters. The molecule has 1 aromatic carbocycles. The average Bonchev–Trinajstić information content (AvgIpc) is 2.47. The van der Waals surface area contributed by atoms with E-state index in [-0.39, 0.29) is 12.0 Å². The monoisotopic (exact) mass is 258 g/mol. The second-order valence-electron chi connectivity index (χ2n) is 3.89. The minimum absolute atomic E-state index is 0.0488. The van der Waals surface area contributed by atoms with E-state index in [0.717, 1.165) is 18.7 Å². The fraction of sp³-hybridized carbons (Fsp3) is 0.417. The largest absolute Gasteiger partial charge is 0.376 e. The summed E-state index contributed by atoms with van der Waals surface area (Å²) in [5.74, 6) is 0.220. The molecule has 0 saturated carbocycles. The molecule has 1 aliphatic rings. The van der Waals surface area contributed by atoms with Crippen molar-refractivity contribution in [3.8, 4) is 0 Å². The predicted octanol–water partition coefficient (Wildman–Crippen LogP) is 2.90. The molecule has 1 heterocycles. The van der Waals surface area contributed by atoms with Crippen molar-refractivity contribution >= 4 is 23.2 Å². The number of rotatable bonds is 1. The lowest BCUT2D eigenvalue weighted by molar-refractivity contribution is 0.0841. The first-order valence-corrected chi connectivity index (χ1v) is 6.04. The lowest BCUT2D eigenvalue weighted by Gasteiger charge is -2.21. The van der Waals surface area contributed by atoms with Crippen LogP contribution < -0.4 is 5.32 Å². The number of nitrogens with one attached hydrogen (secondary N) is 1. The fourth-order valence-electron chi connectivity index (χ4n) is 1.86. The second-order valence-corrected chi connectivity index (χ2v) is 4.71. The summed E-state index contributed by atoms with van der Waals surface area (Å²) in [6.45, 7) is 6.45. The van der Waals surface area contributed by atoms with Gasteiger partial charge in [0.15, 0.2) is 0 Å². The molecule has 16 heavy (non-hydrogen) atoms. The Kier molecular flexibility index (Phi) is 4.09. The minimum atomic E-state index is -0.0488. The average molecular weight is 259 g/mol. The van der Waals surface area contributed by atoms with E-state index in [1.165, 1.54) is 0 Å². The SMILES string of the molecule is [CH2][C@H]1OCCNC[C@H]1c1ccc(Cl)c(Cl)c1. The summed E-state index contributed by atoms with van der Waals surface area (Å²) in [4.78, 5) is 0. The van der Waals surface area contributed by atoms with Crippen molar-refractivity contribution in [1.29, 1.82) is 0 Å². The van der Waals surface area contributed by atoms with Crippen molar-refractivity contribution in [3.63, 3.8) is 0 Å². The Morgan fingerprint density at radius 2 is 2.12 bits per heavy atom. The van der Waals surface area contributed by atoms with E-state index in [4.69, 9.17) is 27.9 Å². The van der Waals surface area contributed by atoms with Crippen LogP contribution >= 0.6 is 23.2 Å². The molecule has 0 aromatic heterocycles. The van der Waals surface area contributed by atoms with E-state index in [0.29, 0.717) is 16.7 Å². The van der Waals surface area contributed by atoms with Gasteiger partial charge in [0.2, 0.25) is 0 Å². The third kappa shape index (κ3) is 2.69. The molecule has 1 N–H and O–H groups in total. The van der Waals surface area contributed by atoms with Gasteiger partial charge >= 0.3 is 0 Å². The van der Waals surface area contributed by atoms with Gasteiger partial charge in [0.05, 0.1) is 22.8 Å². The maximum Gasteiger partial charge on any atom is 0.0657 e. The zero-order valence-electron chi connectivity index (χ0n) is 8.88. The third-order valence-corrected chi connectivity index (χ3v) is 3.53. The number of hydrogen-bond acceptors (Lipinski definition) is 2. The van der Waals surface area contributed by atoms with E-state index in [1.54, 1.807) is 0 Å². The molecule has 1 radical (unpaired) electrons. The Hall–Kier alpha value is -0.280. The summed E-state index contributed by atoms with van der Waals surface area (Å²) in [6.07, 6.45) is -0.0488. The van der Waals surface area contributed by atoms with Crippen LogP contribution in [0.1, 0.15) is 11.5 Å². The second kappa shape index (κ2) is 5.37. The van der Waals surface area contributed by atoms with Crippen molar-refractivity contribution < 1.29 is 4.74 Å². The Balaban J connectivity index is 2.23. The van der Waals surface area contributed by atoms with Crippen LogP contribution in [0.15, 0.2) is 18.2 Å². The molecule has 1 aliphatic heterocycles. The first-order chi connectivity index (χ1) is 7.68. The van der Waals surface area contributed by atoms with Crippen molar-refractivity contribution in [2.24, 2.45) is 0 Å². The summed E-state index contributed by atoms with van der Waals surface area (Å²) in [6, 6.07) is 5.69. The van der Waals surface area contributed by atoms with E-state index in [9.17, 15) is 0 Å². The maximum atomic E-state index is 6.01. The Morgan fingerprint density at radius 1 is 1.31 bits per heavy atom.